The molecule has 3 rings (SSSR count). The molecule has 2 heterocycles. The van der Waals surface area contributed by atoms with Crippen LogP contribution in [0.1, 0.15) is 25.0 Å². The third-order valence-corrected chi connectivity index (χ3v) is 3.94. The standard InChI is InChI=1S/C15H19FN2/c1-17-14(11-18-7-3-2-4-8-18)9-12-5-6-13(16)10-15(12)17/h5-6,9-10H,2-4,7-8,11H2,1H3. The molecule has 0 saturated carbocycles. The van der Waals surface area contributed by atoms with Gasteiger partial charge in [-0.25, -0.2) is 4.39 Å². The van der Waals surface area contributed by atoms with Crippen molar-refractivity contribution in [1.82, 2.24) is 9.47 Å². The maximum absolute atomic E-state index is 13.3. The van der Waals surface area contributed by atoms with Crippen LogP contribution in [0.5, 0.6) is 0 Å². The van der Waals surface area contributed by atoms with Gasteiger partial charge in [-0.2, -0.15) is 0 Å². The van der Waals surface area contributed by atoms with E-state index in [0.717, 1.165) is 17.4 Å². The SMILES string of the molecule is Cn1c(CN2CCCCC2)cc2ccc(F)cc21. The van der Waals surface area contributed by atoms with Crippen molar-refractivity contribution in [2.75, 3.05) is 13.1 Å². The summed E-state index contributed by atoms with van der Waals surface area (Å²) in [6.45, 7) is 3.36. The molecule has 0 unspecified atom stereocenters. The van der Waals surface area contributed by atoms with Gasteiger partial charge in [-0.1, -0.05) is 6.42 Å². The number of nitrogens with zero attached hydrogens (tertiary/aromatic N) is 2. The van der Waals surface area contributed by atoms with Gasteiger partial charge in [-0.05, 0) is 50.2 Å². The highest BCUT2D eigenvalue weighted by atomic mass is 19.1. The molecule has 0 N–H and O–H groups in total. The predicted octanol–water partition coefficient (Wildman–Crippen LogP) is 3.30. The fraction of sp³-hybridized carbons (Fsp3) is 0.467. The molecule has 0 radical (unpaired) electrons. The topological polar surface area (TPSA) is 8.17 Å². The van der Waals surface area contributed by atoms with E-state index in [-0.39, 0.29) is 5.82 Å². The van der Waals surface area contributed by atoms with E-state index in [4.69, 9.17) is 0 Å². The summed E-state index contributed by atoms with van der Waals surface area (Å²) in [6, 6.07) is 7.20. The average Bonchev–Trinajstić information content (AvgIpc) is 2.68. The highest BCUT2D eigenvalue weighted by Gasteiger charge is 2.13. The van der Waals surface area contributed by atoms with Crippen LogP contribution in [-0.4, -0.2) is 22.6 Å². The quantitative estimate of drug-likeness (QED) is 0.789. The van der Waals surface area contributed by atoms with Crippen LogP contribution in [0.4, 0.5) is 4.39 Å². The van der Waals surface area contributed by atoms with Crippen molar-refractivity contribution >= 4 is 10.9 Å². The summed E-state index contributed by atoms with van der Waals surface area (Å²) in [5.41, 5.74) is 2.26. The van der Waals surface area contributed by atoms with Crippen molar-refractivity contribution in [1.29, 1.82) is 0 Å². The molecular formula is C15H19FN2. The van der Waals surface area contributed by atoms with Gasteiger partial charge in [0.05, 0.1) is 5.52 Å². The second-order valence-corrected chi connectivity index (χ2v) is 5.23. The molecule has 1 aromatic carbocycles. The number of piperidine rings is 1. The first-order valence-corrected chi connectivity index (χ1v) is 6.70. The van der Waals surface area contributed by atoms with Gasteiger partial charge in [0, 0.05) is 24.7 Å². The molecule has 96 valence electrons. The molecule has 1 aliphatic heterocycles. The van der Waals surface area contributed by atoms with Gasteiger partial charge >= 0.3 is 0 Å². The molecule has 1 saturated heterocycles. The molecule has 2 nitrogen and oxygen atoms in total. The lowest BCUT2D eigenvalue weighted by atomic mass is 10.1. The summed E-state index contributed by atoms with van der Waals surface area (Å²) in [7, 11) is 2.03. The average molecular weight is 246 g/mol. The number of benzene rings is 1. The number of aromatic nitrogens is 1. The molecule has 0 atom stereocenters. The Balaban J connectivity index is 1.89. The molecule has 0 bridgehead atoms. The largest absolute Gasteiger partial charge is 0.346 e. The molecule has 0 spiro atoms. The van der Waals surface area contributed by atoms with E-state index in [1.54, 1.807) is 6.07 Å². The molecule has 1 fully saturated rings. The number of aryl methyl sites for hydroxylation is 1. The van der Waals surface area contributed by atoms with Crippen molar-refractivity contribution in [3.8, 4) is 0 Å². The summed E-state index contributed by atoms with van der Waals surface area (Å²) < 4.78 is 15.4. The van der Waals surface area contributed by atoms with Crippen molar-refractivity contribution in [2.45, 2.75) is 25.8 Å². The van der Waals surface area contributed by atoms with Crippen molar-refractivity contribution < 1.29 is 4.39 Å². The number of rotatable bonds is 2. The van der Waals surface area contributed by atoms with Gasteiger partial charge < -0.3 is 4.57 Å². The van der Waals surface area contributed by atoms with Gasteiger partial charge in [-0.3, -0.25) is 4.90 Å². The number of halogens is 1. The minimum absolute atomic E-state index is 0.159. The summed E-state index contributed by atoms with van der Waals surface area (Å²) in [5.74, 6) is -0.159. The van der Waals surface area contributed by atoms with Gasteiger partial charge in [0.15, 0.2) is 0 Å². The summed E-state index contributed by atoms with van der Waals surface area (Å²) >= 11 is 0. The lowest BCUT2D eigenvalue weighted by Crippen LogP contribution is -2.29. The Morgan fingerprint density at radius 2 is 1.89 bits per heavy atom. The molecular weight excluding hydrogens is 227 g/mol. The minimum atomic E-state index is -0.159. The number of hydrogen-bond donors (Lipinski definition) is 0. The second-order valence-electron chi connectivity index (χ2n) is 5.23. The fourth-order valence-electron chi connectivity index (χ4n) is 2.86. The van der Waals surface area contributed by atoms with E-state index in [0.29, 0.717) is 0 Å². The lowest BCUT2D eigenvalue weighted by Gasteiger charge is -2.26. The highest BCUT2D eigenvalue weighted by molar-refractivity contribution is 5.81. The van der Waals surface area contributed by atoms with E-state index in [9.17, 15) is 4.39 Å². The first-order valence-electron chi connectivity index (χ1n) is 6.70. The highest BCUT2D eigenvalue weighted by Crippen LogP contribution is 2.22. The summed E-state index contributed by atoms with van der Waals surface area (Å²) in [5, 5.41) is 1.13. The Kier molecular flexibility index (Phi) is 3.08. The Hall–Kier alpha value is -1.35. The summed E-state index contributed by atoms with van der Waals surface area (Å²) in [6.07, 6.45) is 3.97. The zero-order chi connectivity index (χ0) is 12.5. The minimum Gasteiger partial charge on any atom is -0.346 e. The molecule has 1 aliphatic rings. The fourth-order valence-corrected chi connectivity index (χ4v) is 2.86. The Labute approximate surface area is 107 Å². The molecule has 3 heteroatoms. The monoisotopic (exact) mass is 246 g/mol. The number of hydrogen-bond acceptors (Lipinski definition) is 1. The van der Waals surface area contributed by atoms with Gasteiger partial charge in [0.2, 0.25) is 0 Å². The second kappa shape index (κ2) is 4.73. The van der Waals surface area contributed by atoms with Crippen LogP contribution in [-0.2, 0) is 13.6 Å². The van der Waals surface area contributed by atoms with E-state index in [1.807, 2.05) is 13.1 Å². The van der Waals surface area contributed by atoms with Gasteiger partial charge in [-0.15, -0.1) is 0 Å². The smallest absolute Gasteiger partial charge is 0.125 e. The van der Waals surface area contributed by atoms with E-state index >= 15 is 0 Å². The van der Waals surface area contributed by atoms with E-state index in [2.05, 4.69) is 15.5 Å². The number of fused-ring (bicyclic) bond motifs is 1. The van der Waals surface area contributed by atoms with Crippen LogP contribution in [0.15, 0.2) is 24.3 Å². The molecule has 18 heavy (non-hydrogen) atoms. The summed E-state index contributed by atoms with van der Waals surface area (Å²) in [4.78, 5) is 2.49. The third kappa shape index (κ3) is 2.15. The normalized spacial score (nSPS) is 17.4. The molecule has 0 amide bonds. The zero-order valence-corrected chi connectivity index (χ0v) is 10.8. The first kappa shape index (κ1) is 11.7. The van der Waals surface area contributed by atoms with Crippen molar-refractivity contribution in [3.63, 3.8) is 0 Å². The molecule has 0 aliphatic carbocycles. The molecule has 1 aromatic heterocycles. The van der Waals surface area contributed by atoms with E-state index < -0.39 is 0 Å². The van der Waals surface area contributed by atoms with Crippen LogP contribution in [0.3, 0.4) is 0 Å². The number of likely N-dealkylation sites (tertiary alicyclic amines) is 1. The zero-order valence-electron chi connectivity index (χ0n) is 10.8. The van der Waals surface area contributed by atoms with Crippen LogP contribution in [0, 0.1) is 5.82 Å². The van der Waals surface area contributed by atoms with Crippen LogP contribution >= 0.6 is 0 Å². The van der Waals surface area contributed by atoms with Gasteiger partial charge in [0.1, 0.15) is 5.82 Å². The van der Waals surface area contributed by atoms with Crippen molar-refractivity contribution in [3.05, 3.63) is 35.8 Å². The van der Waals surface area contributed by atoms with E-state index in [1.165, 1.54) is 44.1 Å². The molecule has 2 aromatic rings. The Morgan fingerprint density at radius 1 is 1.11 bits per heavy atom. The van der Waals surface area contributed by atoms with Crippen LogP contribution < -0.4 is 0 Å². The third-order valence-electron chi connectivity index (χ3n) is 3.94. The van der Waals surface area contributed by atoms with Crippen LogP contribution in [0.25, 0.3) is 10.9 Å². The van der Waals surface area contributed by atoms with Crippen molar-refractivity contribution in [2.24, 2.45) is 7.05 Å². The Morgan fingerprint density at radius 3 is 2.67 bits per heavy atom. The van der Waals surface area contributed by atoms with Crippen LogP contribution in [0.2, 0.25) is 0 Å². The van der Waals surface area contributed by atoms with Gasteiger partial charge in [0.25, 0.3) is 0 Å². The maximum atomic E-state index is 13.3. The lowest BCUT2D eigenvalue weighted by molar-refractivity contribution is 0.217. The first-order chi connectivity index (χ1) is 8.74. The predicted molar refractivity (Wildman–Crippen MR) is 72.0 cm³/mol. The Bertz CT molecular complexity index is 553. The maximum Gasteiger partial charge on any atom is 0.125 e.